The molecule has 0 radical (unpaired) electrons. The van der Waals surface area contributed by atoms with Crippen molar-refractivity contribution >= 4 is 23.6 Å². The molecule has 0 bridgehead atoms. The zero-order chi connectivity index (χ0) is 35.8. The van der Waals surface area contributed by atoms with E-state index in [1.165, 1.54) is 0 Å². The molecule has 0 saturated carbocycles. The van der Waals surface area contributed by atoms with Crippen molar-refractivity contribution in [2.24, 2.45) is 0 Å². The molecule has 0 spiro atoms. The Morgan fingerprint density at radius 2 is 0.942 bits per heavy atom. The van der Waals surface area contributed by atoms with Crippen LogP contribution in [0.25, 0.3) is 0 Å². The van der Waals surface area contributed by atoms with Gasteiger partial charge in [0.25, 0.3) is 0 Å². The predicted octanol–water partition coefficient (Wildman–Crippen LogP) is 8.74. The number of benzene rings is 6. The topological polar surface area (TPSA) is 69.6 Å². The van der Waals surface area contributed by atoms with E-state index in [9.17, 15) is 9.90 Å². The lowest BCUT2D eigenvalue weighted by Crippen LogP contribution is -2.58. The van der Waals surface area contributed by atoms with Crippen LogP contribution >= 0.6 is 11.8 Å². The largest absolute Gasteiger partial charge is 0.480 e. The van der Waals surface area contributed by atoms with Crippen molar-refractivity contribution < 1.29 is 14.7 Å². The van der Waals surface area contributed by atoms with Gasteiger partial charge in [0.15, 0.2) is 0 Å². The van der Waals surface area contributed by atoms with Crippen molar-refractivity contribution in [2.75, 3.05) is 12.3 Å². The molecule has 1 aliphatic rings. The number of thioether (sulfide) groups is 1. The highest BCUT2D eigenvalue weighted by Crippen LogP contribution is 2.49. The van der Waals surface area contributed by atoms with Gasteiger partial charge in [0.05, 0.1) is 16.3 Å². The van der Waals surface area contributed by atoms with Crippen LogP contribution in [-0.4, -0.2) is 46.3 Å². The van der Waals surface area contributed by atoms with Crippen molar-refractivity contribution in [2.45, 2.75) is 35.2 Å². The standard InChI is InChI=1S/C46H42N2O3S/c49-43(48-33-19-32-42(48)44(50)51)41(47-45(35-20-7-1-8-21-35,36-22-9-2-10-23-36)37-24-11-3-12-25-37)34-52-46(38-26-13-4-14-27-38,39-28-15-5-16-29-39)40-30-17-6-18-31-40/h1-18,20-31,41-42,47H,19,32-34H2,(H,50,51)/t41-,42-/m0/s1. The monoisotopic (exact) mass is 702 g/mol. The second-order valence-corrected chi connectivity index (χ2v) is 14.4. The van der Waals surface area contributed by atoms with E-state index in [4.69, 9.17) is 0 Å². The minimum Gasteiger partial charge on any atom is -0.480 e. The highest BCUT2D eigenvalue weighted by Gasteiger charge is 2.45. The van der Waals surface area contributed by atoms with Crippen molar-refractivity contribution in [1.82, 2.24) is 10.2 Å². The van der Waals surface area contributed by atoms with Gasteiger partial charge in [-0.3, -0.25) is 10.1 Å². The number of carbonyl (C=O) groups excluding carboxylic acids is 1. The van der Waals surface area contributed by atoms with Gasteiger partial charge in [-0.1, -0.05) is 182 Å². The normalized spacial score (nSPS) is 15.2. The number of carboxylic acids is 1. The highest BCUT2D eigenvalue weighted by molar-refractivity contribution is 8.00. The van der Waals surface area contributed by atoms with Gasteiger partial charge in [-0.15, -0.1) is 11.8 Å². The third-order valence-electron chi connectivity index (χ3n) is 10.1. The fraction of sp³-hybridized carbons (Fsp3) is 0.174. The summed E-state index contributed by atoms with van der Waals surface area (Å²) >= 11 is 1.70. The molecule has 1 heterocycles. The lowest BCUT2D eigenvalue weighted by atomic mass is 9.76. The molecule has 1 aliphatic heterocycles. The minimum absolute atomic E-state index is 0.215. The van der Waals surface area contributed by atoms with Crippen LogP contribution in [0.5, 0.6) is 0 Å². The molecule has 0 aromatic heterocycles. The second-order valence-electron chi connectivity index (χ2n) is 13.2. The van der Waals surface area contributed by atoms with Gasteiger partial charge in [-0.25, -0.2) is 4.79 Å². The average molecular weight is 703 g/mol. The van der Waals surface area contributed by atoms with Crippen LogP contribution in [0.4, 0.5) is 0 Å². The van der Waals surface area contributed by atoms with Gasteiger partial charge in [0.2, 0.25) is 5.91 Å². The van der Waals surface area contributed by atoms with Crippen molar-refractivity contribution in [3.05, 3.63) is 215 Å². The third-order valence-corrected chi connectivity index (χ3v) is 11.8. The smallest absolute Gasteiger partial charge is 0.326 e. The third kappa shape index (κ3) is 6.80. The number of hydrogen-bond donors (Lipinski definition) is 2. The Bertz CT molecular complexity index is 1850. The summed E-state index contributed by atoms with van der Waals surface area (Å²) in [5.41, 5.74) is 5.26. The van der Waals surface area contributed by atoms with Crippen LogP contribution < -0.4 is 5.32 Å². The van der Waals surface area contributed by atoms with E-state index >= 15 is 4.79 Å². The average Bonchev–Trinajstić information content (AvgIpc) is 3.72. The molecule has 6 aromatic carbocycles. The zero-order valence-corrected chi connectivity index (χ0v) is 29.7. The van der Waals surface area contributed by atoms with Gasteiger partial charge in [0.1, 0.15) is 6.04 Å². The number of carbonyl (C=O) groups is 2. The summed E-state index contributed by atoms with van der Waals surface area (Å²) < 4.78 is -0.684. The Kier molecular flexibility index (Phi) is 10.7. The van der Waals surface area contributed by atoms with E-state index in [1.807, 2.05) is 72.8 Å². The van der Waals surface area contributed by atoms with Crippen LogP contribution in [0.15, 0.2) is 182 Å². The van der Waals surface area contributed by atoms with Gasteiger partial charge < -0.3 is 10.0 Å². The van der Waals surface area contributed by atoms with Gasteiger partial charge in [-0.05, 0) is 46.2 Å². The molecular weight excluding hydrogens is 661 g/mol. The van der Waals surface area contributed by atoms with Crippen LogP contribution in [0, 0.1) is 0 Å². The van der Waals surface area contributed by atoms with Gasteiger partial charge in [0, 0.05) is 12.3 Å². The van der Waals surface area contributed by atoms with Crippen LogP contribution in [0.1, 0.15) is 46.2 Å². The molecule has 2 atom stereocenters. The summed E-state index contributed by atoms with van der Waals surface area (Å²) in [6.07, 6.45) is 1.08. The summed E-state index contributed by atoms with van der Waals surface area (Å²) in [4.78, 5) is 29.3. The lowest BCUT2D eigenvalue weighted by molar-refractivity contribution is -0.148. The number of aliphatic carboxylic acids is 1. The maximum Gasteiger partial charge on any atom is 0.326 e. The van der Waals surface area contributed by atoms with Crippen molar-refractivity contribution in [3.63, 3.8) is 0 Å². The van der Waals surface area contributed by atoms with Gasteiger partial charge >= 0.3 is 5.97 Å². The quantitative estimate of drug-likeness (QED) is 0.118. The molecule has 260 valence electrons. The zero-order valence-electron chi connectivity index (χ0n) is 28.9. The SMILES string of the molecule is O=C(O)[C@@H]1CCCN1C(=O)[C@H](CSC(c1ccccc1)(c1ccccc1)c1ccccc1)NC(c1ccccc1)(c1ccccc1)c1ccccc1. The lowest BCUT2D eigenvalue weighted by Gasteiger charge is -2.42. The Balaban J connectivity index is 1.42. The molecule has 7 rings (SSSR count). The first-order valence-electron chi connectivity index (χ1n) is 17.8. The van der Waals surface area contributed by atoms with Crippen LogP contribution in [-0.2, 0) is 19.9 Å². The van der Waals surface area contributed by atoms with Crippen molar-refractivity contribution in [3.8, 4) is 0 Å². The molecule has 1 saturated heterocycles. The summed E-state index contributed by atoms with van der Waals surface area (Å²) in [5.74, 6) is -0.841. The molecule has 2 N–H and O–H groups in total. The number of hydrogen-bond acceptors (Lipinski definition) is 4. The highest BCUT2D eigenvalue weighted by atomic mass is 32.2. The maximum atomic E-state index is 15.1. The number of nitrogens with one attached hydrogen (secondary N) is 1. The number of nitrogens with zero attached hydrogens (tertiary/aromatic N) is 1. The number of carboxylic acid groups (broad SMARTS) is 1. The number of likely N-dealkylation sites (tertiary alicyclic amines) is 1. The Labute approximate surface area is 310 Å². The minimum atomic E-state index is -0.968. The Morgan fingerprint density at radius 1 is 0.596 bits per heavy atom. The second kappa shape index (κ2) is 15.9. The number of rotatable bonds is 13. The molecule has 1 amide bonds. The van der Waals surface area contributed by atoms with E-state index in [0.29, 0.717) is 25.1 Å². The van der Waals surface area contributed by atoms with Crippen LogP contribution in [0.2, 0.25) is 0 Å². The van der Waals surface area contributed by atoms with E-state index < -0.39 is 28.3 Å². The molecule has 0 unspecified atom stereocenters. The molecular formula is C46H42N2O3S. The molecule has 6 aromatic rings. The fourth-order valence-electron chi connectivity index (χ4n) is 7.71. The maximum absolute atomic E-state index is 15.1. The first-order valence-corrected chi connectivity index (χ1v) is 18.8. The molecule has 1 fully saturated rings. The van der Waals surface area contributed by atoms with E-state index in [2.05, 4.69) is 115 Å². The van der Waals surface area contributed by atoms with Gasteiger partial charge in [-0.2, -0.15) is 0 Å². The molecule has 5 nitrogen and oxygen atoms in total. The first kappa shape index (κ1) is 35.0. The molecule has 6 heteroatoms. The van der Waals surface area contributed by atoms with E-state index in [-0.39, 0.29) is 5.91 Å². The summed E-state index contributed by atoms with van der Waals surface area (Å²) in [7, 11) is 0. The Morgan fingerprint density at radius 3 is 1.29 bits per heavy atom. The summed E-state index contributed by atoms with van der Waals surface area (Å²) in [5, 5.41) is 14.2. The van der Waals surface area contributed by atoms with E-state index in [1.54, 1.807) is 16.7 Å². The van der Waals surface area contributed by atoms with E-state index in [0.717, 1.165) is 33.4 Å². The first-order chi connectivity index (χ1) is 25.5. The summed E-state index contributed by atoms with van der Waals surface area (Å²) in [6, 6.07) is 60.4. The summed E-state index contributed by atoms with van der Waals surface area (Å²) in [6.45, 7) is 0.398. The number of amides is 1. The fourth-order valence-corrected chi connectivity index (χ4v) is 9.27. The van der Waals surface area contributed by atoms with Crippen LogP contribution in [0.3, 0.4) is 0 Å². The molecule has 52 heavy (non-hydrogen) atoms. The predicted molar refractivity (Wildman–Crippen MR) is 210 cm³/mol. The Hall–Kier alpha value is -5.43. The van der Waals surface area contributed by atoms with Crippen molar-refractivity contribution in [1.29, 1.82) is 0 Å². The molecule has 0 aliphatic carbocycles.